The van der Waals surface area contributed by atoms with Gasteiger partial charge in [-0.05, 0) is 65.5 Å². The average molecular weight is 431 g/mol. The van der Waals surface area contributed by atoms with Crippen molar-refractivity contribution < 1.29 is 9.90 Å². The maximum Gasteiger partial charge on any atom is 0.257 e. The Hall–Kier alpha value is -1.92. The summed E-state index contributed by atoms with van der Waals surface area (Å²) in [6, 6.07) is 11.8. The number of carbonyl (C=O) groups excluding carboxylic acids is 1. The summed E-state index contributed by atoms with van der Waals surface area (Å²) in [5.41, 5.74) is 2.37. The molecule has 4 rings (SSSR count). The van der Waals surface area contributed by atoms with Crippen LogP contribution in [0.4, 0.5) is 0 Å². The lowest BCUT2D eigenvalue weighted by molar-refractivity contribution is 0.0709. The third-order valence-corrected chi connectivity index (χ3v) is 6.68. The number of hydrogen-bond donors (Lipinski definition) is 1. The number of fused-ring (bicyclic) bond motifs is 1. The lowest BCUT2D eigenvalue weighted by Crippen LogP contribution is -2.38. The fourth-order valence-electron chi connectivity index (χ4n) is 3.46. The molecule has 0 radical (unpaired) electrons. The number of aromatic nitrogens is 1. The van der Waals surface area contributed by atoms with E-state index in [1.807, 2.05) is 36.1 Å². The molecule has 1 aromatic heterocycles. The summed E-state index contributed by atoms with van der Waals surface area (Å²) in [7, 11) is 0. The van der Waals surface area contributed by atoms with E-state index >= 15 is 0 Å². The molecule has 0 spiro atoms. The van der Waals surface area contributed by atoms with Gasteiger partial charge in [-0.15, -0.1) is 11.3 Å². The molecule has 0 saturated carbocycles. The first-order valence-electron chi connectivity index (χ1n) is 8.67. The van der Waals surface area contributed by atoms with E-state index in [2.05, 4.69) is 22.0 Å². The van der Waals surface area contributed by atoms with Crippen molar-refractivity contribution in [2.45, 2.75) is 25.7 Å². The van der Waals surface area contributed by atoms with Gasteiger partial charge in [0, 0.05) is 19.0 Å². The number of carbonyl (C=O) groups is 1. The molecule has 1 saturated heterocycles. The zero-order valence-corrected chi connectivity index (χ0v) is 16.8. The molecule has 4 nitrogen and oxygen atoms in total. The lowest BCUT2D eigenvalue weighted by Gasteiger charge is -2.31. The van der Waals surface area contributed by atoms with E-state index in [4.69, 9.17) is 4.98 Å². The number of benzene rings is 2. The first kappa shape index (κ1) is 17.5. The number of halogens is 1. The Balaban J connectivity index is 1.49. The number of thiazole rings is 1. The molecule has 1 aliphatic heterocycles. The Morgan fingerprint density at radius 3 is 2.73 bits per heavy atom. The van der Waals surface area contributed by atoms with Gasteiger partial charge in [0.25, 0.3) is 5.91 Å². The predicted octanol–water partition coefficient (Wildman–Crippen LogP) is 5.09. The molecule has 3 aromatic rings. The summed E-state index contributed by atoms with van der Waals surface area (Å²) in [5, 5.41) is 11.4. The second-order valence-electron chi connectivity index (χ2n) is 6.73. The highest BCUT2D eigenvalue weighted by atomic mass is 79.9. The van der Waals surface area contributed by atoms with Gasteiger partial charge in [-0.25, -0.2) is 4.98 Å². The van der Waals surface area contributed by atoms with Gasteiger partial charge in [0.1, 0.15) is 5.75 Å². The molecular weight excluding hydrogens is 412 g/mol. The average Bonchev–Trinajstić information content (AvgIpc) is 3.08. The molecule has 1 N–H and O–H groups in total. The number of aromatic hydroxyl groups is 1. The second kappa shape index (κ2) is 7.00. The molecule has 2 heterocycles. The molecule has 2 aromatic carbocycles. The Labute approximate surface area is 164 Å². The summed E-state index contributed by atoms with van der Waals surface area (Å²) < 4.78 is 1.78. The summed E-state index contributed by atoms with van der Waals surface area (Å²) in [6.45, 7) is 3.29. The van der Waals surface area contributed by atoms with Crippen molar-refractivity contribution in [2.75, 3.05) is 13.1 Å². The number of amides is 1. The van der Waals surface area contributed by atoms with E-state index in [1.165, 1.54) is 9.71 Å². The minimum Gasteiger partial charge on any atom is -0.506 e. The maximum absolute atomic E-state index is 12.8. The number of aryl methyl sites for hydroxylation is 1. The predicted molar refractivity (Wildman–Crippen MR) is 108 cm³/mol. The van der Waals surface area contributed by atoms with Crippen LogP contribution in [0.3, 0.4) is 0 Å². The van der Waals surface area contributed by atoms with Gasteiger partial charge in [-0.3, -0.25) is 4.79 Å². The molecule has 0 unspecified atom stereocenters. The minimum atomic E-state index is -0.102. The summed E-state index contributed by atoms with van der Waals surface area (Å²) in [5.74, 6) is 0.317. The Kier molecular flexibility index (Phi) is 4.71. The molecule has 6 heteroatoms. The van der Waals surface area contributed by atoms with Crippen LogP contribution in [0.5, 0.6) is 5.75 Å². The van der Waals surface area contributed by atoms with Crippen molar-refractivity contribution in [1.82, 2.24) is 9.88 Å². The molecule has 1 aliphatic rings. The zero-order chi connectivity index (χ0) is 18.3. The quantitative estimate of drug-likeness (QED) is 0.615. The van der Waals surface area contributed by atoms with Crippen LogP contribution in [0.25, 0.3) is 10.2 Å². The number of nitrogens with zero attached hydrogens (tertiary/aromatic N) is 2. The van der Waals surface area contributed by atoms with Crippen molar-refractivity contribution in [3.05, 3.63) is 57.0 Å². The Morgan fingerprint density at radius 2 is 2.00 bits per heavy atom. The highest BCUT2D eigenvalue weighted by molar-refractivity contribution is 9.10. The zero-order valence-electron chi connectivity index (χ0n) is 14.4. The molecule has 134 valence electrons. The standard InChI is InChI=1S/C20H19BrN2O2S/c1-12-10-14(18(24)15(21)11-12)20(25)23-8-6-13(7-9-23)19-22-16-4-2-3-5-17(16)26-19/h2-5,10-11,13,24H,6-9H2,1H3. The number of likely N-dealkylation sites (tertiary alicyclic amines) is 1. The van der Waals surface area contributed by atoms with Crippen LogP contribution >= 0.6 is 27.3 Å². The summed E-state index contributed by atoms with van der Waals surface area (Å²) in [4.78, 5) is 19.4. The van der Waals surface area contributed by atoms with Crippen LogP contribution in [0, 0.1) is 6.92 Å². The third kappa shape index (κ3) is 3.23. The van der Waals surface area contributed by atoms with Gasteiger partial charge in [-0.1, -0.05) is 12.1 Å². The smallest absolute Gasteiger partial charge is 0.257 e. The summed E-state index contributed by atoms with van der Waals surface area (Å²) >= 11 is 5.07. The van der Waals surface area contributed by atoms with Crippen LogP contribution < -0.4 is 0 Å². The number of hydrogen-bond acceptors (Lipinski definition) is 4. The molecule has 1 fully saturated rings. The van der Waals surface area contributed by atoms with E-state index in [0.717, 1.165) is 23.9 Å². The molecule has 0 atom stereocenters. The van der Waals surface area contributed by atoms with Gasteiger partial charge in [0.15, 0.2) is 0 Å². The minimum absolute atomic E-state index is 0.0221. The number of piperidine rings is 1. The molecule has 0 aliphatic carbocycles. The largest absolute Gasteiger partial charge is 0.506 e. The van der Waals surface area contributed by atoms with Gasteiger partial charge in [-0.2, -0.15) is 0 Å². The highest BCUT2D eigenvalue weighted by Crippen LogP contribution is 2.35. The van der Waals surface area contributed by atoms with Crippen molar-refractivity contribution in [1.29, 1.82) is 0 Å². The number of phenols is 1. The highest BCUT2D eigenvalue weighted by Gasteiger charge is 2.28. The van der Waals surface area contributed by atoms with Gasteiger partial charge >= 0.3 is 0 Å². The molecule has 0 bridgehead atoms. The Bertz CT molecular complexity index is 944. The SMILES string of the molecule is Cc1cc(Br)c(O)c(C(=O)N2CCC(c3nc4ccccc4s3)CC2)c1. The number of rotatable bonds is 2. The van der Waals surface area contributed by atoms with Crippen molar-refractivity contribution >= 4 is 43.4 Å². The first-order valence-corrected chi connectivity index (χ1v) is 10.3. The van der Waals surface area contributed by atoms with Gasteiger partial charge in [0.2, 0.25) is 0 Å². The lowest BCUT2D eigenvalue weighted by atomic mass is 9.96. The van der Waals surface area contributed by atoms with Crippen LogP contribution in [0.2, 0.25) is 0 Å². The topological polar surface area (TPSA) is 53.4 Å². The van der Waals surface area contributed by atoms with Gasteiger partial charge < -0.3 is 10.0 Å². The molecule has 26 heavy (non-hydrogen) atoms. The van der Waals surface area contributed by atoms with Crippen molar-refractivity contribution in [3.8, 4) is 5.75 Å². The second-order valence-corrected chi connectivity index (χ2v) is 8.65. The van der Waals surface area contributed by atoms with Gasteiger partial charge in [0.05, 0.1) is 25.3 Å². The van der Waals surface area contributed by atoms with Crippen LogP contribution in [-0.2, 0) is 0 Å². The first-order chi connectivity index (χ1) is 12.5. The molecule has 1 amide bonds. The van der Waals surface area contributed by atoms with E-state index in [-0.39, 0.29) is 11.7 Å². The number of para-hydroxylation sites is 1. The van der Waals surface area contributed by atoms with Crippen molar-refractivity contribution in [3.63, 3.8) is 0 Å². The third-order valence-electron chi connectivity index (χ3n) is 4.88. The van der Waals surface area contributed by atoms with Crippen LogP contribution in [0.15, 0.2) is 40.9 Å². The van der Waals surface area contributed by atoms with Crippen LogP contribution in [-0.4, -0.2) is 34.0 Å². The van der Waals surface area contributed by atoms with Crippen molar-refractivity contribution in [2.24, 2.45) is 0 Å². The normalized spacial score (nSPS) is 15.5. The molecular formula is C20H19BrN2O2S. The van der Waals surface area contributed by atoms with E-state index in [1.54, 1.807) is 17.4 Å². The Morgan fingerprint density at radius 1 is 1.27 bits per heavy atom. The van der Waals surface area contributed by atoms with E-state index in [9.17, 15) is 9.90 Å². The van der Waals surface area contributed by atoms with E-state index < -0.39 is 0 Å². The van der Waals surface area contributed by atoms with Crippen LogP contribution in [0.1, 0.15) is 39.7 Å². The maximum atomic E-state index is 12.8. The summed E-state index contributed by atoms with van der Waals surface area (Å²) in [6.07, 6.45) is 1.80. The fraction of sp³-hybridized carbons (Fsp3) is 0.300. The fourth-order valence-corrected chi connectivity index (χ4v) is 5.17. The monoisotopic (exact) mass is 430 g/mol. The number of phenolic OH excluding ortho intramolecular Hbond substituents is 1. The van der Waals surface area contributed by atoms with E-state index in [0.29, 0.717) is 29.0 Å².